The number of aromatic nitrogens is 2. The van der Waals surface area contributed by atoms with E-state index in [2.05, 4.69) is 22.0 Å². The molecule has 1 saturated heterocycles. The van der Waals surface area contributed by atoms with Crippen molar-refractivity contribution in [1.29, 1.82) is 0 Å². The van der Waals surface area contributed by atoms with Crippen molar-refractivity contribution in [3.8, 4) is 0 Å². The standard InChI is InChI=1S/C15H26N4O/c1-15(7-3-2-4-8-15)14-17-13(18-20-14)12(16)11-19-9-5-6-10-19/h12H,2-11,16H2,1H3. The number of rotatable bonds is 4. The fraction of sp³-hybridized carbons (Fsp3) is 0.867. The van der Waals surface area contributed by atoms with E-state index in [0.717, 1.165) is 38.4 Å². The zero-order valence-electron chi connectivity index (χ0n) is 12.5. The molecule has 2 heterocycles. The molecule has 0 bridgehead atoms. The Kier molecular flexibility index (Phi) is 4.08. The van der Waals surface area contributed by atoms with E-state index >= 15 is 0 Å². The molecule has 1 saturated carbocycles. The first-order valence-corrected chi connectivity index (χ1v) is 7.99. The topological polar surface area (TPSA) is 68.2 Å². The minimum atomic E-state index is -0.127. The van der Waals surface area contributed by atoms with E-state index in [1.54, 1.807) is 0 Å². The van der Waals surface area contributed by atoms with Gasteiger partial charge in [0.05, 0.1) is 6.04 Å². The summed E-state index contributed by atoms with van der Waals surface area (Å²) in [5, 5.41) is 4.14. The Morgan fingerprint density at radius 2 is 1.90 bits per heavy atom. The second kappa shape index (κ2) is 5.82. The molecule has 20 heavy (non-hydrogen) atoms. The Labute approximate surface area is 120 Å². The highest BCUT2D eigenvalue weighted by Gasteiger charge is 2.35. The zero-order chi connectivity index (χ0) is 14.0. The van der Waals surface area contributed by atoms with Crippen molar-refractivity contribution in [3.63, 3.8) is 0 Å². The second-order valence-corrected chi connectivity index (χ2v) is 6.69. The van der Waals surface area contributed by atoms with Gasteiger partial charge in [0.1, 0.15) is 0 Å². The zero-order valence-corrected chi connectivity index (χ0v) is 12.5. The summed E-state index contributed by atoms with van der Waals surface area (Å²) in [6.45, 7) is 5.39. The minimum absolute atomic E-state index is 0.0663. The van der Waals surface area contributed by atoms with Gasteiger partial charge in [-0.2, -0.15) is 4.98 Å². The third kappa shape index (κ3) is 2.88. The van der Waals surface area contributed by atoms with Gasteiger partial charge >= 0.3 is 0 Å². The lowest BCUT2D eigenvalue weighted by Crippen LogP contribution is -2.31. The molecule has 2 aliphatic rings. The molecule has 2 N–H and O–H groups in total. The van der Waals surface area contributed by atoms with Gasteiger partial charge in [-0.3, -0.25) is 0 Å². The quantitative estimate of drug-likeness (QED) is 0.916. The van der Waals surface area contributed by atoms with Crippen LogP contribution in [0.15, 0.2) is 4.52 Å². The third-order valence-corrected chi connectivity index (χ3v) is 4.90. The first-order valence-electron chi connectivity index (χ1n) is 7.99. The molecule has 1 aromatic rings. The van der Waals surface area contributed by atoms with Crippen LogP contribution in [0.3, 0.4) is 0 Å². The highest BCUT2D eigenvalue weighted by atomic mass is 16.5. The molecule has 112 valence electrons. The number of nitrogens with two attached hydrogens (primary N) is 1. The van der Waals surface area contributed by atoms with E-state index in [1.807, 2.05) is 0 Å². The van der Waals surface area contributed by atoms with Crippen LogP contribution in [0.2, 0.25) is 0 Å². The van der Waals surface area contributed by atoms with Gasteiger partial charge in [-0.15, -0.1) is 0 Å². The summed E-state index contributed by atoms with van der Waals surface area (Å²) in [5.74, 6) is 1.47. The first-order chi connectivity index (χ1) is 9.67. The predicted octanol–water partition coefficient (Wildman–Crippen LogP) is 2.39. The molecule has 1 unspecified atom stereocenters. The largest absolute Gasteiger partial charge is 0.339 e. The SMILES string of the molecule is CC1(c2nc(C(N)CN3CCCC3)no2)CCCCC1. The van der Waals surface area contributed by atoms with Gasteiger partial charge in [0, 0.05) is 12.0 Å². The van der Waals surface area contributed by atoms with E-state index in [-0.39, 0.29) is 11.5 Å². The van der Waals surface area contributed by atoms with Crippen LogP contribution in [0.5, 0.6) is 0 Å². The summed E-state index contributed by atoms with van der Waals surface area (Å²) in [5.41, 5.74) is 6.30. The molecule has 1 aliphatic heterocycles. The number of likely N-dealkylation sites (tertiary alicyclic amines) is 1. The second-order valence-electron chi connectivity index (χ2n) is 6.69. The minimum Gasteiger partial charge on any atom is -0.339 e. The normalized spacial score (nSPS) is 24.9. The number of nitrogens with zero attached hydrogens (tertiary/aromatic N) is 3. The van der Waals surface area contributed by atoms with Gasteiger partial charge in [0.15, 0.2) is 5.82 Å². The van der Waals surface area contributed by atoms with Crippen molar-refractivity contribution in [1.82, 2.24) is 15.0 Å². The molecule has 2 fully saturated rings. The van der Waals surface area contributed by atoms with Crippen molar-refractivity contribution in [3.05, 3.63) is 11.7 Å². The lowest BCUT2D eigenvalue weighted by molar-refractivity contribution is 0.231. The molecular formula is C15H26N4O. The van der Waals surface area contributed by atoms with Crippen LogP contribution in [0.1, 0.15) is 69.6 Å². The molecule has 3 rings (SSSR count). The monoisotopic (exact) mass is 278 g/mol. The average molecular weight is 278 g/mol. The van der Waals surface area contributed by atoms with Crippen LogP contribution >= 0.6 is 0 Å². The molecule has 0 amide bonds. The van der Waals surface area contributed by atoms with E-state index in [1.165, 1.54) is 32.1 Å². The fourth-order valence-corrected chi connectivity index (χ4v) is 3.50. The summed E-state index contributed by atoms with van der Waals surface area (Å²) < 4.78 is 5.53. The van der Waals surface area contributed by atoms with Crippen molar-refractivity contribution in [2.24, 2.45) is 5.73 Å². The molecular weight excluding hydrogens is 252 g/mol. The third-order valence-electron chi connectivity index (χ3n) is 4.90. The smallest absolute Gasteiger partial charge is 0.232 e. The van der Waals surface area contributed by atoms with Crippen molar-refractivity contribution >= 4 is 0 Å². The van der Waals surface area contributed by atoms with E-state index in [9.17, 15) is 0 Å². The Balaban J connectivity index is 1.66. The van der Waals surface area contributed by atoms with Gasteiger partial charge in [-0.25, -0.2) is 0 Å². The van der Waals surface area contributed by atoms with E-state index < -0.39 is 0 Å². The van der Waals surface area contributed by atoms with Gasteiger partial charge in [-0.1, -0.05) is 31.3 Å². The van der Waals surface area contributed by atoms with Gasteiger partial charge in [0.25, 0.3) is 0 Å². The Morgan fingerprint density at radius 3 is 2.60 bits per heavy atom. The fourth-order valence-electron chi connectivity index (χ4n) is 3.50. The lowest BCUT2D eigenvalue weighted by Gasteiger charge is -2.29. The molecule has 1 aliphatic carbocycles. The lowest BCUT2D eigenvalue weighted by atomic mass is 9.75. The van der Waals surface area contributed by atoms with Crippen LogP contribution in [0.4, 0.5) is 0 Å². The summed E-state index contributed by atoms with van der Waals surface area (Å²) in [7, 11) is 0. The average Bonchev–Trinajstić information content (AvgIpc) is 3.10. The highest BCUT2D eigenvalue weighted by molar-refractivity contribution is 5.06. The molecule has 0 aromatic carbocycles. The van der Waals surface area contributed by atoms with Crippen LogP contribution in [-0.4, -0.2) is 34.7 Å². The summed E-state index contributed by atoms with van der Waals surface area (Å²) in [4.78, 5) is 7.01. The number of hydrogen-bond donors (Lipinski definition) is 1. The Bertz CT molecular complexity index is 433. The molecule has 5 heteroatoms. The van der Waals surface area contributed by atoms with E-state index in [4.69, 9.17) is 10.3 Å². The molecule has 0 spiro atoms. The summed E-state index contributed by atoms with van der Waals surface area (Å²) in [6, 6.07) is -0.127. The number of hydrogen-bond acceptors (Lipinski definition) is 5. The van der Waals surface area contributed by atoms with Crippen LogP contribution in [-0.2, 0) is 5.41 Å². The van der Waals surface area contributed by atoms with E-state index in [0.29, 0.717) is 5.82 Å². The Hall–Kier alpha value is -0.940. The molecule has 1 aromatic heterocycles. The maximum atomic E-state index is 6.23. The van der Waals surface area contributed by atoms with Crippen LogP contribution in [0, 0.1) is 0 Å². The highest BCUT2D eigenvalue weighted by Crippen LogP contribution is 2.38. The Morgan fingerprint density at radius 1 is 1.20 bits per heavy atom. The maximum Gasteiger partial charge on any atom is 0.232 e. The maximum absolute atomic E-state index is 6.23. The predicted molar refractivity (Wildman–Crippen MR) is 77.3 cm³/mol. The van der Waals surface area contributed by atoms with Gasteiger partial charge in [-0.05, 0) is 38.8 Å². The summed E-state index contributed by atoms with van der Waals surface area (Å²) >= 11 is 0. The van der Waals surface area contributed by atoms with Crippen LogP contribution < -0.4 is 5.73 Å². The first kappa shape index (κ1) is 14.0. The van der Waals surface area contributed by atoms with Crippen molar-refractivity contribution < 1.29 is 4.52 Å². The van der Waals surface area contributed by atoms with Gasteiger partial charge < -0.3 is 15.2 Å². The molecule has 0 radical (unpaired) electrons. The summed E-state index contributed by atoms with van der Waals surface area (Å²) in [6.07, 6.45) is 8.70. The van der Waals surface area contributed by atoms with Crippen molar-refractivity contribution in [2.75, 3.05) is 19.6 Å². The van der Waals surface area contributed by atoms with Crippen molar-refractivity contribution in [2.45, 2.75) is 63.3 Å². The van der Waals surface area contributed by atoms with Gasteiger partial charge in [0.2, 0.25) is 5.89 Å². The molecule has 5 nitrogen and oxygen atoms in total. The molecule has 1 atom stereocenters. The van der Waals surface area contributed by atoms with Crippen LogP contribution in [0.25, 0.3) is 0 Å².